The van der Waals surface area contributed by atoms with E-state index in [4.69, 9.17) is 34.4 Å². The monoisotopic (exact) mass is 386 g/mol. The number of hydrogen-bond acceptors (Lipinski definition) is 2. The van der Waals surface area contributed by atoms with Crippen LogP contribution in [0.5, 0.6) is 0 Å². The summed E-state index contributed by atoms with van der Waals surface area (Å²) in [6, 6.07) is 0. The third kappa shape index (κ3) is 4.90. The van der Waals surface area contributed by atoms with E-state index < -0.39 is 46.4 Å². The molecular formula is C16H16Cl2F4O2. The summed E-state index contributed by atoms with van der Waals surface area (Å²) < 4.78 is 56.1. The van der Waals surface area contributed by atoms with Crippen LogP contribution in [0.3, 0.4) is 0 Å². The molecule has 24 heavy (non-hydrogen) atoms. The lowest BCUT2D eigenvalue weighted by atomic mass is 10.1. The first-order chi connectivity index (χ1) is 11.0. The molecule has 3 unspecified atom stereocenters. The fourth-order valence-corrected chi connectivity index (χ4v) is 2.59. The lowest BCUT2D eigenvalue weighted by Gasteiger charge is -2.11. The molecule has 0 N–H and O–H groups in total. The molecule has 0 radical (unpaired) electrons. The van der Waals surface area contributed by atoms with Gasteiger partial charge in [-0.2, -0.15) is 13.2 Å². The van der Waals surface area contributed by atoms with Gasteiger partial charge < -0.3 is 4.74 Å². The Morgan fingerprint density at radius 1 is 1.46 bits per heavy atom. The molecule has 1 saturated carbocycles. The highest BCUT2D eigenvalue weighted by molar-refractivity contribution is 6.30. The number of carbonyl (C=O) groups excluding carboxylic acids is 1. The molecule has 0 spiro atoms. The number of rotatable bonds is 6. The Morgan fingerprint density at radius 3 is 2.50 bits per heavy atom. The van der Waals surface area contributed by atoms with Crippen LogP contribution in [0, 0.1) is 29.6 Å². The third-order valence-corrected chi connectivity index (χ3v) is 4.40. The van der Waals surface area contributed by atoms with Gasteiger partial charge in [0.05, 0.1) is 5.92 Å². The Morgan fingerprint density at radius 2 is 2.04 bits per heavy atom. The summed E-state index contributed by atoms with van der Waals surface area (Å²) in [6.45, 7) is 3.18. The van der Waals surface area contributed by atoms with Crippen LogP contribution in [0.15, 0.2) is 23.0 Å². The van der Waals surface area contributed by atoms with E-state index in [1.807, 2.05) is 5.92 Å². The van der Waals surface area contributed by atoms with Crippen molar-refractivity contribution in [1.29, 1.82) is 0 Å². The zero-order valence-electron chi connectivity index (χ0n) is 13.0. The first-order valence-electron chi connectivity index (χ1n) is 6.99. The van der Waals surface area contributed by atoms with E-state index in [-0.39, 0.29) is 12.3 Å². The van der Waals surface area contributed by atoms with Crippen molar-refractivity contribution in [3.63, 3.8) is 0 Å². The van der Waals surface area contributed by atoms with Crippen molar-refractivity contribution in [3.05, 3.63) is 23.0 Å². The largest absolute Gasteiger partial charge is 0.441 e. The van der Waals surface area contributed by atoms with Gasteiger partial charge in [-0.25, -0.2) is 4.39 Å². The minimum absolute atomic E-state index is 0.164. The van der Waals surface area contributed by atoms with Crippen molar-refractivity contribution >= 4 is 29.2 Å². The molecule has 0 bridgehead atoms. The molecule has 1 rings (SSSR count). The quantitative estimate of drug-likeness (QED) is 0.278. The van der Waals surface area contributed by atoms with E-state index in [9.17, 15) is 22.4 Å². The maximum atomic E-state index is 13.8. The van der Waals surface area contributed by atoms with Crippen LogP contribution in [-0.4, -0.2) is 24.1 Å². The second-order valence-corrected chi connectivity index (χ2v) is 6.67. The van der Waals surface area contributed by atoms with Crippen LogP contribution in [0.4, 0.5) is 17.6 Å². The summed E-state index contributed by atoms with van der Waals surface area (Å²) in [6.07, 6.45) is 0.988. The van der Waals surface area contributed by atoms with Crippen LogP contribution in [0.1, 0.15) is 20.3 Å². The van der Waals surface area contributed by atoms with E-state index in [1.54, 1.807) is 13.8 Å². The van der Waals surface area contributed by atoms with Crippen molar-refractivity contribution in [2.24, 2.45) is 17.3 Å². The Kier molecular flexibility index (Phi) is 6.77. The SMILES string of the molecule is C#CC(OC(=O)C1C(C=C(Cl)C(F)(F)F)C1(C)C)C(F)=CCCCl. The minimum atomic E-state index is -4.69. The van der Waals surface area contributed by atoms with Crippen molar-refractivity contribution in [1.82, 2.24) is 0 Å². The van der Waals surface area contributed by atoms with Gasteiger partial charge >= 0.3 is 12.1 Å². The zero-order chi connectivity index (χ0) is 18.7. The van der Waals surface area contributed by atoms with Crippen molar-refractivity contribution in [3.8, 4) is 12.3 Å². The minimum Gasteiger partial charge on any atom is -0.441 e. The van der Waals surface area contributed by atoms with E-state index >= 15 is 0 Å². The van der Waals surface area contributed by atoms with Gasteiger partial charge in [-0.05, 0) is 23.8 Å². The Labute approximate surface area is 147 Å². The average Bonchev–Trinajstić information content (AvgIpc) is 3.01. The van der Waals surface area contributed by atoms with Gasteiger partial charge in [0.1, 0.15) is 10.9 Å². The van der Waals surface area contributed by atoms with Gasteiger partial charge in [-0.3, -0.25) is 4.79 Å². The van der Waals surface area contributed by atoms with Gasteiger partial charge in [-0.15, -0.1) is 18.0 Å². The number of allylic oxidation sites excluding steroid dienone is 3. The molecule has 0 aromatic rings. The predicted molar refractivity (Wildman–Crippen MR) is 84.0 cm³/mol. The molecule has 0 amide bonds. The maximum absolute atomic E-state index is 13.8. The van der Waals surface area contributed by atoms with Crippen molar-refractivity contribution < 1.29 is 27.1 Å². The molecule has 0 aromatic heterocycles. The number of hydrogen-bond donors (Lipinski definition) is 0. The topological polar surface area (TPSA) is 26.3 Å². The molecule has 3 atom stereocenters. The van der Waals surface area contributed by atoms with Gasteiger partial charge in [0, 0.05) is 5.88 Å². The van der Waals surface area contributed by atoms with Gasteiger partial charge in [0.25, 0.3) is 0 Å². The van der Waals surface area contributed by atoms with Gasteiger partial charge in [-0.1, -0.05) is 37.4 Å². The molecule has 0 aromatic carbocycles. The van der Waals surface area contributed by atoms with E-state index in [0.717, 1.165) is 12.2 Å². The maximum Gasteiger partial charge on any atom is 0.426 e. The lowest BCUT2D eigenvalue weighted by Crippen LogP contribution is -2.20. The van der Waals surface area contributed by atoms with Gasteiger partial charge in [0.2, 0.25) is 6.10 Å². The highest BCUT2D eigenvalue weighted by atomic mass is 35.5. The first kappa shape index (κ1) is 20.9. The number of esters is 1. The molecule has 2 nitrogen and oxygen atoms in total. The zero-order valence-corrected chi connectivity index (χ0v) is 14.5. The Balaban J connectivity index is 2.83. The van der Waals surface area contributed by atoms with Crippen LogP contribution >= 0.6 is 23.2 Å². The molecule has 1 fully saturated rings. The van der Waals surface area contributed by atoms with E-state index in [1.165, 1.54) is 0 Å². The number of alkyl halides is 4. The molecule has 0 aliphatic heterocycles. The summed E-state index contributed by atoms with van der Waals surface area (Å²) >= 11 is 10.6. The van der Waals surface area contributed by atoms with Crippen LogP contribution in [0.2, 0.25) is 0 Å². The fraction of sp³-hybridized carbons (Fsp3) is 0.562. The van der Waals surface area contributed by atoms with Crippen molar-refractivity contribution in [2.45, 2.75) is 32.5 Å². The van der Waals surface area contributed by atoms with Crippen molar-refractivity contribution in [2.75, 3.05) is 5.88 Å². The van der Waals surface area contributed by atoms with E-state index in [2.05, 4.69) is 0 Å². The Hall–Kier alpha value is -1.19. The summed E-state index contributed by atoms with van der Waals surface area (Å²) in [5.74, 6) is -1.22. The molecule has 1 aliphatic carbocycles. The molecule has 0 heterocycles. The molecule has 1 aliphatic rings. The predicted octanol–water partition coefficient (Wildman–Crippen LogP) is 4.97. The number of ether oxygens (including phenoxy) is 1. The number of terminal acetylenes is 1. The second kappa shape index (κ2) is 7.79. The van der Waals surface area contributed by atoms with Crippen LogP contribution < -0.4 is 0 Å². The summed E-state index contributed by atoms with van der Waals surface area (Å²) in [4.78, 5) is 12.1. The lowest BCUT2D eigenvalue weighted by molar-refractivity contribution is -0.148. The summed E-state index contributed by atoms with van der Waals surface area (Å²) in [5.41, 5.74) is -0.794. The molecular weight excluding hydrogens is 371 g/mol. The fourth-order valence-electron chi connectivity index (χ4n) is 2.35. The summed E-state index contributed by atoms with van der Waals surface area (Å²) in [5, 5.41) is -1.31. The Bertz CT molecular complexity index is 588. The third-order valence-electron chi connectivity index (χ3n) is 3.85. The average molecular weight is 387 g/mol. The highest BCUT2D eigenvalue weighted by Crippen LogP contribution is 2.60. The smallest absolute Gasteiger partial charge is 0.426 e. The second-order valence-electron chi connectivity index (χ2n) is 5.89. The standard InChI is InChI=1S/C16H16Cl2F4O2/c1-4-11(10(19)6-5-7-17)24-14(23)13-9(15(13,2)3)8-12(18)16(20,21)22/h1,6,8-9,11,13H,5,7H2,2-3H3. The molecule has 134 valence electrons. The highest BCUT2D eigenvalue weighted by Gasteiger charge is 2.62. The first-order valence-corrected chi connectivity index (χ1v) is 7.90. The molecule has 0 saturated heterocycles. The summed E-state index contributed by atoms with van der Waals surface area (Å²) in [7, 11) is 0. The van der Waals surface area contributed by atoms with E-state index in [0.29, 0.717) is 0 Å². The number of halogens is 6. The molecule has 8 heteroatoms. The van der Waals surface area contributed by atoms with Gasteiger partial charge in [0.15, 0.2) is 0 Å². The normalized spacial score (nSPS) is 25.0. The number of carbonyl (C=O) groups is 1. The van der Waals surface area contributed by atoms with Crippen LogP contribution in [-0.2, 0) is 9.53 Å². The van der Waals surface area contributed by atoms with Crippen LogP contribution in [0.25, 0.3) is 0 Å².